The smallest absolute Gasteiger partial charge is 0.337 e. The van der Waals surface area contributed by atoms with Gasteiger partial charge in [0.1, 0.15) is 12.1 Å². The maximum absolute atomic E-state index is 12.5. The van der Waals surface area contributed by atoms with Crippen molar-refractivity contribution >= 4 is 29.5 Å². The zero-order valence-corrected chi connectivity index (χ0v) is 15.3. The van der Waals surface area contributed by atoms with E-state index < -0.39 is 35.9 Å². The summed E-state index contributed by atoms with van der Waals surface area (Å²) in [5.74, 6) is -1.28. The largest absolute Gasteiger partial charge is 0.465 e. The van der Waals surface area contributed by atoms with Crippen molar-refractivity contribution in [2.24, 2.45) is 5.92 Å². The van der Waals surface area contributed by atoms with Crippen molar-refractivity contribution in [1.82, 2.24) is 10.2 Å². The van der Waals surface area contributed by atoms with Crippen LogP contribution in [0.4, 0.5) is 10.5 Å². The highest BCUT2D eigenvalue weighted by atomic mass is 16.5. The van der Waals surface area contributed by atoms with Crippen LogP contribution in [0.15, 0.2) is 24.3 Å². The quantitative estimate of drug-likeness (QED) is 0.593. The minimum atomic E-state index is -1.00. The lowest BCUT2D eigenvalue weighted by Gasteiger charge is -2.23. The van der Waals surface area contributed by atoms with Crippen LogP contribution >= 0.6 is 0 Å². The minimum absolute atomic E-state index is 0.207. The summed E-state index contributed by atoms with van der Waals surface area (Å²) in [6, 6.07) is 5.61. The summed E-state index contributed by atoms with van der Waals surface area (Å²) in [6.07, 6.45) is 0.483. The van der Waals surface area contributed by atoms with Gasteiger partial charge in [-0.1, -0.05) is 19.9 Å². The average molecular weight is 361 g/mol. The third kappa shape index (κ3) is 4.19. The number of nitrogens with zero attached hydrogens (tertiary/aromatic N) is 1. The van der Waals surface area contributed by atoms with Crippen molar-refractivity contribution in [1.29, 1.82) is 0 Å². The number of hydrogen-bond donors (Lipinski definition) is 2. The van der Waals surface area contributed by atoms with Gasteiger partial charge in [0.15, 0.2) is 0 Å². The SMILES string of the molecule is COC(=O)c1cccc(NC(=O)CN2C(=O)NC(C)(CC(C)C)C2=O)c1. The van der Waals surface area contributed by atoms with Gasteiger partial charge in [0.2, 0.25) is 5.91 Å². The summed E-state index contributed by atoms with van der Waals surface area (Å²) in [5.41, 5.74) is -0.351. The third-order valence-electron chi connectivity index (χ3n) is 4.03. The van der Waals surface area contributed by atoms with Crippen LogP contribution in [0.5, 0.6) is 0 Å². The number of esters is 1. The highest BCUT2D eigenvalue weighted by molar-refractivity contribution is 6.10. The van der Waals surface area contributed by atoms with E-state index in [4.69, 9.17) is 0 Å². The molecule has 0 saturated carbocycles. The van der Waals surface area contributed by atoms with Gasteiger partial charge in [0.25, 0.3) is 5.91 Å². The number of nitrogens with one attached hydrogen (secondary N) is 2. The molecular weight excluding hydrogens is 338 g/mol. The summed E-state index contributed by atoms with van der Waals surface area (Å²) >= 11 is 0. The Hall–Kier alpha value is -2.90. The van der Waals surface area contributed by atoms with E-state index in [1.165, 1.54) is 13.2 Å². The second-order valence-corrected chi connectivity index (χ2v) is 6.87. The number of imide groups is 1. The van der Waals surface area contributed by atoms with Crippen molar-refractivity contribution in [3.63, 3.8) is 0 Å². The van der Waals surface area contributed by atoms with Crippen LogP contribution in [0.3, 0.4) is 0 Å². The Kier molecular flexibility index (Phi) is 5.64. The molecule has 0 radical (unpaired) electrons. The third-order valence-corrected chi connectivity index (χ3v) is 4.03. The van der Waals surface area contributed by atoms with Gasteiger partial charge in [-0.25, -0.2) is 9.59 Å². The molecule has 0 spiro atoms. The predicted molar refractivity (Wildman–Crippen MR) is 94.5 cm³/mol. The van der Waals surface area contributed by atoms with E-state index in [0.29, 0.717) is 12.1 Å². The van der Waals surface area contributed by atoms with E-state index in [9.17, 15) is 19.2 Å². The summed E-state index contributed by atoms with van der Waals surface area (Å²) < 4.78 is 4.63. The second-order valence-electron chi connectivity index (χ2n) is 6.87. The Morgan fingerprint density at radius 1 is 1.31 bits per heavy atom. The summed E-state index contributed by atoms with van der Waals surface area (Å²) in [4.78, 5) is 49.3. The number of carbonyl (C=O) groups excluding carboxylic acids is 4. The van der Waals surface area contributed by atoms with E-state index in [0.717, 1.165) is 4.90 Å². The zero-order chi connectivity index (χ0) is 19.5. The van der Waals surface area contributed by atoms with E-state index in [1.54, 1.807) is 25.1 Å². The van der Waals surface area contributed by atoms with Crippen LogP contribution in [-0.2, 0) is 14.3 Å². The lowest BCUT2D eigenvalue weighted by Crippen LogP contribution is -2.45. The molecule has 4 amide bonds. The molecule has 1 heterocycles. The van der Waals surface area contributed by atoms with Crippen molar-refractivity contribution in [3.8, 4) is 0 Å². The van der Waals surface area contributed by atoms with Crippen LogP contribution in [-0.4, -0.2) is 47.9 Å². The van der Waals surface area contributed by atoms with Crippen molar-refractivity contribution in [2.75, 3.05) is 19.0 Å². The summed E-state index contributed by atoms with van der Waals surface area (Å²) in [5, 5.41) is 5.24. The number of hydrogen-bond acceptors (Lipinski definition) is 5. The molecule has 8 nitrogen and oxygen atoms in total. The number of urea groups is 1. The Balaban J connectivity index is 2.05. The standard InChI is InChI=1S/C18H23N3O5/c1-11(2)9-18(3)16(24)21(17(25)20-18)10-14(22)19-13-7-5-6-12(8-13)15(23)26-4/h5-8,11H,9-10H2,1-4H3,(H,19,22)(H,20,25). The molecule has 1 atom stereocenters. The number of benzene rings is 1. The number of rotatable bonds is 6. The molecule has 0 aromatic heterocycles. The molecule has 8 heteroatoms. The Morgan fingerprint density at radius 2 is 2.00 bits per heavy atom. The number of ether oxygens (including phenoxy) is 1. The van der Waals surface area contributed by atoms with Gasteiger partial charge >= 0.3 is 12.0 Å². The van der Waals surface area contributed by atoms with E-state index in [1.807, 2.05) is 13.8 Å². The molecule has 1 aromatic rings. The number of anilines is 1. The van der Waals surface area contributed by atoms with Crippen molar-refractivity contribution in [3.05, 3.63) is 29.8 Å². The number of methoxy groups -OCH3 is 1. The van der Waals surface area contributed by atoms with Gasteiger partial charge in [0, 0.05) is 5.69 Å². The van der Waals surface area contributed by atoms with Gasteiger partial charge in [-0.2, -0.15) is 0 Å². The van der Waals surface area contributed by atoms with Crippen LogP contribution < -0.4 is 10.6 Å². The lowest BCUT2D eigenvalue weighted by molar-refractivity contribution is -0.133. The summed E-state index contributed by atoms with van der Waals surface area (Å²) in [6.45, 7) is 5.16. The fourth-order valence-corrected chi connectivity index (χ4v) is 3.03. The van der Waals surface area contributed by atoms with Crippen LogP contribution in [0.2, 0.25) is 0 Å². The van der Waals surface area contributed by atoms with Gasteiger partial charge in [0.05, 0.1) is 12.7 Å². The number of amides is 4. The van der Waals surface area contributed by atoms with Gasteiger partial charge in [-0.15, -0.1) is 0 Å². The minimum Gasteiger partial charge on any atom is -0.465 e. The molecule has 0 aliphatic carbocycles. The topological polar surface area (TPSA) is 105 Å². The van der Waals surface area contributed by atoms with E-state index in [2.05, 4.69) is 15.4 Å². The fraction of sp³-hybridized carbons (Fsp3) is 0.444. The first-order valence-corrected chi connectivity index (χ1v) is 8.28. The fourth-order valence-electron chi connectivity index (χ4n) is 3.03. The van der Waals surface area contributed by atoms with Crippen LogP contribution in [0.25, 0.3) is 0 Å². The van der Waals surface area contributed by atoms with Crippen LogP contribution in [0, 0.1) is 5.92 Å². The zero-order valence-electron chi connectivity index (χ0n) is 15.3. The molecule has 2 rings (SSSR count). The predicted octanol–water partition coefficient (Wildman–Crippen LogP) is 1.77. The van der Waals surface area contributed by atoms with E-state index in [-0.39, 0.29) is 11.5 Å². The maximum atomic E-state index is 12.5. The Morgan fingerprint density at radius 3 is 2.62 bits per heavy atom. The maximum Gasteiger partial charge on any atom is 0.337 e. The van der Waals surface area contributed by atoms with Gasteiger partial charge in [-0.3, -0.25) is 14.5 Å². The first-order valence-electron chi connectivity index (χ1n) is 8.28. The highest BCUT2D eigenvalue weighted by Gasteiger charge is 2.48. The van der Waals surface area contributed by atoms with Crippen molar-refractivity contribution < 1.29 is 23.9 Å². The van der Waals surface area contributed by atoms with Gasteiger partial charge in [-0.05, 0) is 37.5 Å². The molecule has 2 N–H and O–H groups in total. The molecule has 1 aliphatic heterocycles. The average Bonchev–Trinajstić information content (AvgIpc) is 2.76. The van der Waals surface area contributed by atoms with Crippen molar-refractivity contribution in [2.45, 2.75) is 32.7 Å². The van der Waals surface area contributed by atoms with Crippen LogP contribution in [0.1, 0.15) is 37.6 Å². The Labute approximate surface area is 151 Å². The molecule has 140 valence electrons. The molecular formula is C18H23N3O5. The molecule has 1 aromatic carbocycles. The first-order chi connectivity index (χ1) is 12.2. The van der Waals surface area contributed by atoms with Gasteiger partial charge < -0.3 is 15.4 Å². The Bertz CT molecular complexity index is 746. The summed E-state index contributed by atoms with van der Waals surface area (Å²) in [7, 11) is 1.26. The second kappa shape index (κ2) is 7.55. The van der Waals surface area contributed by atoms with E-state index >= 15 is 0 Å². The molecule has 1 aliphatic rings. The molecule has 0 bridgehead atoms. The lowest BCUT2D eigenvalue weighted by atomic mass is 9.91. The first kappa shape index (κ1) is 19.4. The normalized spacial score (nSPS) is 19.5. The highest BCUT2D eigenvalue weighted by Crippen LogP contribution is 2.25. The molecule has 1 saturated heterocycles. The molecule has 1 fully saturated rings. The molecule has 26 heavy (non-hydrogen) atoms. The monoisotopic (exact) mass is 361 g/mol. The molecule has 1 unspecified atom stereocenters. The number of carbonyl (C=O) groups is 4.